The zero-order valence-electron chi connectivity index (χ0n) is 14.6. The molecule has 0 aromatic heterocycles. The molecule has 0 N–H and O–H groups in total. The van der Waals surface area contributed by atoms with Crippen molar-refractivity contribution in [1.29, 1.82) is 0 Å². The van der Waals surface area contributed by atoms with Crippen molar-refractivity contribution in [3.63, 3.8) is 0 Å². The largest absolute Gasteiger partial charge is 0 e. The molecule has 0 saturated carbocycles. The van der Waals surface area contributed by atoms with Crippen molar-refractivity contribution in [3.05, 3.63) is 115 Å². The molecule has 0 fully saturated rings. The predicted octanol–water partition coefficient (Wildman–Crippen LogP) is 4.60. The van der Waals surface area contributed by atoms with Crippen molar-refractivity contribution in [3.8, 4) is 22.3 Å². The second-order valence-electron chi connectivity index (χ2n) is 5.99. The zero-order valence-corrected chi connectivity index (χ0v) is 16.9. The van der Waals surface area contributed by atoms with Crippen LogP contribution in [0.3, 0.4) is 0 Å². The molecule has 4 aromatic rings. The first kappa shape index (κ1) is 19.3. The Morgan fingerprint density at radius 3 is 2.04 bits per heavy atom. The first-order chi connectivity index (χ1) is 12.9. The first-order valence-electron chi connectivity index (χ1n) is 8.64. The molecule has 0 heterocycles. The maximum Gasteiger partial charge on any atom is 0 e. The molecular formula is C25H16BPt-3. The van der Waals surface area contributed by atoms with Crippen LogP contribution in [0.1, 0.15) is 5.56 Å². The first-order valence-corrected chi connectivity index (χ1v) is 8.64. The molecule has 0 radical (unpaired) electrons. The Bertz CT molecular complexity index is 1020. The summed E-state index contributed by atoms with van der Waals surface area (Å²) in [5.41, 5.74) is 6.60. The van der Waals surface area contributed by atoms with Gasteiger partial charge in [0.15, 0.2) is 0 Å². The van der Waals surface area contributed by atoms with Gasteiger partial charge < -0.3 is 0 Å². The van der Waals surface area contributed by atoms with Gasteiger partial charge in [-0.3, -0.25) is 0 Å². The summed E-state index contributed by atoms with van der Waals surface area (Å²) in [6.45, 7) is 2.14. The van der Waals surface area contributed by atoms with Gasteiger partial charge in [0.1, 0.15) is 0 Å². The van der Waals surface area contributed by atoms with Crippen LogP contribution in [0.2, 0.25) is 0 Å². The molecule has 0 amide bonds. The van der Waals surface area contributed by atoms with Crippen molar-refractivity contribution in [1.82, 2.24) is 0 Å². The average Bonchev–Trinajstić information content (AvgIpc) is 2.74. The fraction of sp³-hybridized carbons (Fsp3) is 0. The fourth-order valence-corrected chi connectivity index (χ4v) is 2.93. The van der Waals surface area contributed by atoms with Gasteiger partial charge in [-0.15, -0.1) is 0 Å². The molecule has 4 rings (SSSR count). The Morgan fingerprint density at radius 2 is 1.30 bits per heavy atom. The molecule has 0 aliphatic heterocycles. The Kier molecular flexibility index (Phi) is 6.74. The van der Waals surface area contributed by atoms with Crippen LogP contribution in [0.5, 0.6) is 0 Å². The van der Waals surface area contributed by atoms with Gasteiger partial charge in [0, 0.05) is 21.1 Å². The minimum Gasteiger partial charge on any atom is 0 e. The van der Waals surface area contributed by atoms with Crippen LogP contribution < -0.4 is 5.46 Å². The third-order valence-electron chi connectivity index (χ3n) is 4.22. The van der Waals surface area contributed by atoms with Crippen molar-refractivity contribution in [2.45, 2.75) is 0 Å². The van der Waals surface area contributed by atoms with Gasteiger partial charge in [-0.1, -0.05) is 0 Å². The van der Waals surface area contributed by atoms with Crippen LogP contribution in [-0.2, 0) is 21.1 Å². The molecule has 0 unspecified atom stereocenters. The zero-order chi connectivity index (χ0) is 17.6. The quantitative estimate of drug-likeness (QED) is 0.272. The van der Waals surface area contributed by atoms with E-state index in [0.717, 1.165) is 22.3 Å². The minimum absolute atomic E-state index is 0. The Balaban J connectivity index is 0.00000210. The molecule has 27 heavy (non-hydrogen) atoms. The van der Waals surface area contributed by atoms with Gasteiger partial charge in [0.05, 0.1) is 0 Å². The van der Waals surface area contributed by atoms with Crippen LogP contribution in [0, 0.1) is 18.2 Å². The summed E-state index contributed by atoms with van der Waals surface area (Å²) in [7, 11) is 0. The van der Waals surface area contributed by atoms with E-state index in [1.807, 2.05) is 36.4 Å². The monoisotopic (exact) mass is 522 g/mol. The summed E-state index contributed by atoms with van der Waals surface area (Å²) in [4.78, 5) is 0. The van der Waals surface area contributed by atoms with Crippen molar-refractivity contribution >= 4 is 18.4 Å². The van der Waals surface area contributed by atoms with Gasteiger partial charge in [0.2, 0.25) is 0 Å². The van der Waals surface area contributed by atoms with E-state index in [1.165, 1.54) is 11.0 Å². The summed E-state index contributed by atoms with van der Waals surface area (Å²) < 4.78 is 0. The van der Waals surface area contributed by atoms with Crippen molar-refractivity contribution in [2.24, 2.45) is 0 Å². The van der Waals surface area contributed by atoms with E-state index in [9.17, 15) is 0 Å². The van der Waals surface area contributed by atoms with Crippen molar-refractivity contribution < 1.29 is 21.1 Å². The molecule has 0 atom stereocenters. The van der Waals surface area contributed by atoms with E-state index in [-0.39, 0.29) is 21.1 Å². The fourth-order valence-electron chi connectivity index (χ4n) is 2.93. The van der Waals surface area contributed by atoms with Gasteiger partial charge in [0.25, 0.3) is 0 Å². The Hall–Kier alpha value is -2.50. The standard InChI is InChI=1S/C25H16B.Pt/c1-3-11-21(12-4-1)23-15-9-10-20(18-23)19-26-25-17-8-7-16-24(25)22-13-5-2-6-14-22;/h1-11,13,15-17,19H;/q-3;. The molecular weight excluding hydrogens is 506 g/mol. The van der Waals surface area contributed by atoms with Crippen LogP contribution in [0.15, 0.2) is 91.0 Å². The van der Waals surface area contributed by atoms with Gasteiger partial charge >= 0.3 is 155 Å². The molecule has 2 heteroatoms. The molecule has 0 bridgehead atoms. The topological polar surface area (TPSA) is 0 Å². The molecule has 4 aromatic carbocycles. The number of hydrogen-bond acceptors (Lipinski definition) is 0. The van der Waals surface area contributed by atoms with E-state index in [0.29, 0.717) is 0 Å². The van der Waals surface area contributed by atoms with Gasteiger partial charge in [-0.25, -0.2) is 0 Å². The third-order valence-corrected chi connectivity index (χ3v) is 4.22. The number of hydrogen-bond donors (Lipinski definition) is 0. The second-order valence-corrected chi connectivity index (χ2v) is 5.99. The van der Waals surface area contributed by atoms with Crippen LogP contribution >= 0.6 is 0 Å². The van der Waals surface area contributed by atoms with E-state index in [1.54, 1.807) is 0 Å². The maximum absolute atomic E-state index is 3.46. The molecule has 0 nitrogen and oxygen atoms in total. The maximum atomic E-state index is 3.46. The Morgan fingerprint density at radius 1 is 0.630 bits per heavy atom. The molecule has 0 spiro atoms. The van der Waals surface area contributed by atoms with E-state index in [2.05, 4.69) is 85.7 Å². The molecule has 132 valence electrons. The van der Waals surface area contributed by atoms with Crippen molar-refractivity contribution in [2.75, 3.05) is 0 Å². The molecule has 0 aliphatic rings. The summed E-state index contributed by atoms with van der Waals surface area (Å²) in [6, 6.07) is 40.7. The summed E-state index contributed by atoms with van der Waals surface area (Å²) in [5, 5.41) is 0. The van der Waals surface area contributed by atoms with Crippen LogP contribution in [0.25, 0.3) is 22.3 Å². The Labute approximate surface area is 176 Å². The smallest absolute Gasteiger partial charge is 0 e. The molecule has 0 saturated heterocycles. The number of benzene rings is 4. The van der Waals surface area contributed by atoms with E-state index in [4.69, 9.17) is 0 Å². The van der Waals surface area contributed by atoms with Gasteiger partial charge in [-0.05, 0) is 0 Å². The molecule has 0 aliphatic carbocycles. The second kappa shape index (κ2) is 9.44. The van der Waals surface area contributed by atoms with E-state index >= 15 is 0 Å². The third kappa shape index (κ3) is 4.82. The summed E-state index contributed by atoms with van der Waals surface area (Å²) in [5.74, 6) is 2.11. The average molecular weight is 522 g/mol. The van der Waals surface area contributed by atoms with Gasteiger partial charge in [-0.2, -0.15) is 0 Å². The normalized spacial score (nSPS) is 10.2. The summed E-state index contributed by atoms with van der Waals surface area (Å²) in [6.07, 6.45) is 0. The predicted molar refractivity (Wildman–Crippen MR) is 111 cm³/mol. The minimum atomic E-state index is 0. The SMILES string of the molecule is B(=Cc1[c-]c(-c2[c-]cccc2)ccc1)c1ccccc1-c1[c-]cccc1.[Pt]. The van der Waals surface area contributed by atoms with Crippen LogP contribution in [-0.4, -0.2) is 12.9 Å². The summed E-state index contributed by atoms with van der Waals surface area (Å²) >= 11 is 0. The van der Waals surface area contributed by atoms with Crippen LogP contribution in [0.4, 0.5) is 0 Å². The van der Waals surface area contributed by atoms with E-state index < -0.39 is 0 Å². The number of rotatable bonds is 4.